The van der Waals surface area contributed by atoms with Gasteiger partial charge in [-0.3, -0.25) is 14.8 Å². The van der Waals surface area contributed by atoms with Crippen LogP contribution in [-0.4, -0.2) is 37.3 Å². The van der Waals surface area contributed by atoms with Crippen molar-refractivity contribution in [2.24, 2.45) is 0 Å². The summed E-state index contributed by atoms with van der Waals surface area (Å²) in [5.41, 5.74) is -0.978. The SMILES string of the molecule is CSc1c(C(=O)O)sc2nc3[nH]c(=O)[nH]c(=O)c3nc12. The molecule has 0 bridgehead atoms. The number of nitrogens with zero attached hydrogens (tertiary/aromatic N) is 2. The predicted octanol–water partition coefficient (Wildman–Crippen LogP) is 0.641. The molecule has 20 heavy (non-hydrogen) atoms. The fourth-order valence-corrected chi connectivity index (χ4v) is 3.67. The van der Waals surface area contributed by atoms with Crippen LogP contribution in [0.5, 0.6) is 0 Å². The number of thiophene rings is 1. The van der Waals surface area contributed by atoms with Crippen molar-refractivity contribution in [2.75, 3.05) is 6.26 Å². The van der Waals surface area contributed by atoms with Crippen LogP contribution in [0.15, 0.2) is 14.5 Å². The van der Waals surface area contributed by atoms with E-state index >= 15 is 0 Å². The first kappa shape index (κ1) is 12.8. The Bertz CT molecular complexity index is 971. The standard InChI is InChI=1S/C10H6N4O4S2/c1-19-4-2-8(20-5(4)9(16)17)12-6-3(11-2)7(15)14-10(18)13-6/h1H3,(H,16,17)(H2,12,13,14,15,18). The lowest BCUT2D eigenvalue weighted by Crippen LogP contribution is -2.23. The number of carboxylic acid groups (broad SMARTS) is 1. The molecule has 102 valence electrons. The Kier molecular flexibility index (Phi) is 2.83. The van der Waals surface area contributed by atoms with Crippen LogP contribution in [0.4, 0.5) is 0 Å². The zero-order valence-corrected chi connectivity index (χ0v) is 11.5. The zero-order valence-electron chi connectivity index (χ0n) is 9.88. The van der Waals surface area contributed by atoms with E-state index in [4.69, 9.17) is 5.11 Å². The number of aromatic nitrogens is 4. The van der Waals surface area contributed by atoms with E-state index < -0.39 is 17.2 Å². The van der Waals surface area contributed by atoms with E-state index in [1.807, 2.05) is 0 Å². The van der Waals surface area contributed by atoms with E-state index in [2.05, 4.69) is 19.9 Å². The van der Waals surface area contributed by atoms with Crippen LogP contribution in [0.3, 0.4) is 0 Å². The number of carbonyl (C=O) groups is 1. The Morgan fingerprint density at radius 2 is 2.00 bits per heavy atom. The van der Waals surface area contributed by atoms with Gasteiger partial charge in [-0.25, -0.2) is 19.6 Å². The Morgan fingerprint density at radius 1 is 1.25 bits per heavy atom. The number of H-pyrrole nitrogens is 2. The summed E-state index contributed by atoms with van der Waals surface area (Å²) in [6.07, 6.45) is 1.72. The largest absolute Gasteiger partial charge is 0.477 e. The van der Waals surface area contributed by atoms with Gasteiger partial charge in [0, 0.05) is 0 Å². The molecule has 3 aromatic heterocycles. The van der Waals surface area contributed by atoms with Crippen LogP contribution in [0.1, 0.15) is 9.67 Å². The summed E-state index contributed by atoms with van der Waals surface area (Å²) < 4.78 is 0. The van der Waals surface area contributed by atoms with Gasteiger partial charge >= 0.3 is 11.7 Å². The molecule has 0 amide bonds. The van der Waals surface area contributed by atoms with Gasteiger partial charge in [0.15, 0.2) is 11.2 Å². The molecule has 3 heterocycles. The second kappa shape index (κ2) is 4.42. The average Bonchev–Trinajstić information content (AvgIpc) is 2.74. The third kappa shape index (κ3) is 1.80. The number of rotatable bonds is 2. The van der Waals surface area contributed by atoms with Crippen molar-refractivity contribution in [3.63, 3.8) is 0 Å². The number of hydrogen-bond donors (Lipinski definition) is 3. The summed E-state index contributed by atoms with van der Waals surface area (Å²) in [4.78, 5) is 47.7. The summed E-state index contributed by atoms with van der Waals surface area (Å²) >= 11 is 2.18. The number of thioether (sulfide) groups is 1. The quantitative estimate of drug-likeness (QED) is 0.592. The van der Waals surface area contributed by atoms with Crippen LogP contribution >= 0.6 is 23.1 Å². The minimum atomic E-state index is -1.08. The van der Waals surface area contributed by atoms with Crippen LogP contribution in [0.25, 0.3) is 21.5 Å². The molecule has 8 nitrogen and oxygen atoms in total. The van der Waals surface area contributed by atoms with Crippen molar-refractivity contribution >= 4 is 50.6 Å². The highest BCUT2D eigenvalue weighted by Gasteiger charge is 2.20. The molecule has 0 atom stereocenters. The Labute approximate surface area is 117 Å². The number of aromatic amines is 2. The molecular formula is C10H6N4O4S2. The Hall–Kier alpha value is -2.20. The summed E-state index contributed by atoms with van der Waals surface area (Å²) in [6, 6.07) is 0. The van der Waals surface area contributed by atoms with E-state index in [0.717, 1.165) is 11.3 Å². The van der Waals surface area contributed by atoms with Gasteiger partial charge in [0.2, 0.25) is 0 Å². The number of aromatic carboxylic acids is 1. The summed E-state index contributed by atoms with van der Waals surface area (Å²) in [7, 11) is 0. The molecule has 0 saturated heterocycles. The second-order valence-electron chi connectivity index (χ2n) is 3.75. The normalized spacial score (nSPS) is 11.2. The number of nitrogens with one attached hydrogen (secondary N) is 2. The van der Waals surface area contributed by atoms with Gasteiger partial charge < -0.3 is 5.11 Å². The van der Waals surface area contributed by atoms with Crippen molar-refractivity contribution in [3.05, 3.63) is 25.7 Å². The Balaban J connectivity index is 2.51. The van der Waals surface area contributed by atoms with E-state index in [1.54, 1.807) is 6.26 Å². The van der Waals surface area contributed by atoms with Gasteiger partial charge in [-0.2, -0.15) is 0 Å². The lowest BCUT2D eigenvalue weighted by atomic mass is 10.4. The van der Waals surface area contributed by atoms with Gasteiger partial charge in [-0.1, -0.05) is 0 Å². The molecule has 0 spiro atoms. The summed E-state index contributed by atoms with van der Waals surface area (Å²) in [6.45, 7) is 0. The fourth-order valence-electron chi connectivity index (χ4n) is 1.77. The molecule has 0 fully saturated rings. The first-order valence-corrected chi connectivity index (χ1v) is 7.29. The molecule has 0 unspecified atom stereocenters. The molecule has 3 aromatic rings. The zero-order chi connectivity index (χ0) is 14.4. The highest BCUT2D eigenvalue weighted by atomic mass is 32.2. The molecule has 3 rings (SSSR count). The molecule has 3 N–H and O–H groups in total. The highest BCUT2D eigenvalue weighted by Crippen LogP contribution is 2.35. The molecule has 0 aromatic carbocycles. The van der Waals surface area contributed by atoms with Crippen LogP contribution in [0, 0.1) is 0 Å². The van der Waals surface area contributed by atoms with Crippen molar-refractivity contribution in [1.82, 2.24) is 19.9 Å². The number of carboxylic acids is 1. The van der Waals surface area contributed by atoms with Gasteiger partial charge in [-0.15, -0.1) is 23.1 Å². The van der Waals surface area contributed by atoms with E-state index in [-0.39, 0.29) is 16.0 Å². The molecule has 0 radical (unpaired) electrons. The average molecular weight is 310 g/mol. The van der Waals surface area contributed by atoms with Crippen LogP contribution in [0.2, 0.25) is 0 Å². The number of hydrogen-bond acceptors (Lipinski definition) is 7. The first-order chi connectivity index (χ1) is 9.51. The van der Waals surface area contributed by atoms with Crippen LogP contribution < -0.4 is 11.2 Å². The maximum atomic E-state index is 11.7. The molecular weight excluding hydrogens is 304 g/mol. The summed E-state index contributed by atoms with van der Waals surface area (Å²) in [5.74, 6) is -1.08. The minimum Gasteiger partial charge on any atom is -0.477 e. The third-order valence-electron chi connectivity index (χ3n) is 2.56. The van der Waals surface area contributed by atoms with Crippen LogP contribution in [-0.2, 0) is 0 Å². The molecule has 0 aliphatic heterocycles. The minimum absolute atomic E-state index is 0.0258. The van der Waals surface area contributed by atoms with E-state index in [9.17, 15) is 14.4 Å². The first-order valence-electron chi connectivity index (χ1n) is 5.25. The molecule has 0 aliphatic rings. The lowest BCUT2D eigenvalue weighted by molar-refractivity contribution is 0.0699. The smallest absolute Gasteiger partial charge is 0.347 e. The molecule has 0 aliphatic carbocycles. The van der Waals surface area contributed by atoms with Gasteiger partial charge in [0.05, 0.1) is 4.90 Å². The maximum Gasteiger partial charge on any atom is 0.347 e. The molecule has 0 saturated carbocycles. The van der Waals surface area contributed by atoms with Gasteiger partial charge in [0.1, 0.15) is 15.2 Å². The van der Waals surface area contributed by atoms with Crippen molar-refractivity contribution in [1.29, 1.82) is 0 Å². The Morgan fingerprint density at radius 3 is 2.65 bits per heavy atom. The topological polar surface area (TPSA) is 129 Å². The number of fused-ring (bicyclic) bond motifs is 2. The fraction of sp³-hybridized carbons (Fsp3) is 0.100. The predicted molar refractivity (Wildman–Crippen MR) is 74.9 cm³/mol. The maximum absolute atomic E-state index is 11.7. The van der Waals surface area contributed by atoms with Crippen molar-refractivity contribution in [2.45, 2.75) is 4.90 Å². The third-order valence-corrected chi connectivity index (χ3v) is 4.55. The second-order valence-corrected chi connectivity index (χ2v) is 5.57. The van der Waals surface area contributed by atoms with Crippen molar-refractivity contribution in [3.8, 4) is 0 Å². The van der Waals surface area contributed by atoms with Gasteiger partial charge in [0.25, 0.3) is 5.56 Å². The van der Waals surface area contributed by atoms with Crippen molar-refractivity contribution < 1.29 is 9.90 Å². The lowest BCUT2D eigenvalue weighted by Gasteiger charge is -1.97. The highest BCUT2D eigenvalue weighted by molar-refractivity contribution is 7.99. The van der Waals surface area contributed by atoms with E-state index in [1.165, 1.54) is 11.8 Å². The monoisotopic (exact) mass is 310 g/mol. The molecule has 10 heteroatoms. The van der Waals surface area contributed by atoms with E-state index in [0.29, 0.717) is 15.2 Å². The van der Waals surface area contributed by atoms with Gasteiger partial charge in [-0.05, 0) is 6.26 Å². The summed E-state index contributed by atoms with van der Waals surface area (Å²) in [5, 5.41) is 9.15.